The molecule has 4 nitrogen and oxygen atoms in total. The normalized spacial score (nSPS) is 18.5. The Balaban J connectivity index is 1.44. The molecule has 25 heavy (non-hydrogen) atoms. The van der Waals surface area contributed by atoms with E-state index in [1.807, 2.05) is 24.3 Å². The number of rotatable bonds is 6. The van der Waals surface area contributed by atoms with Gasteiger partial charge in [0.05, 0.1) is 22.5 Å². The monoisotopic (exact) mass is 376 g/mol. The molecule has 6 heteroatoms. The number of para-hydroxylation sites is 1. The Morgan fingerprint density at radius 2 is 1.76 bits per heavy atom. The van der Waals surface area contributed by atoms with Gasteiger partial charge in [-0.15, -0.1) is 0 Å². The number of carbonyl (C=O) groups is 2. The van der Waals surface area contributed by atoms with Crippen LogP contribution in [0.1, 0.15) is 12.0 Å². The number of hydrogen-bond acceptors (Lipinski definition) is 2. The van der Waals surface area contributed by atoms with E-state index in [0.29, 0.717) is 35.1 Å². The zero-order chi connectivity index (χ0) is 17.8. The molecule has 0 aromatic heterocycles. The van der Waals surface area contributed by atoms with Gasteiger partial charge in [0.1, 0.15) is 0 Å². The predicted molar refractivity (Wildman–Crippen MR) is 99.8 cm³/mol. The van der Waals surface area contributed by atoms with Crippen molar-refractivity contribution in [2.24, 2.45) is 11.8 Å². The second-order valence-electron chi connectivity index (χ2n) is 6.09. The van der Waals surface area contributed by atoms with Crippen molar-refractivity contribution in [2.45, 2.75) is 12.8 Å². The Kier molecular flexibility index (Phi) is 5.61. The number of hydrogen-bond donors (Lipinski definition) is 2. The van der Waals surface area contributed by atoms with Crippen LogP contribution in [0.3, 0.4) is 0 Å². The summed E-state index contributed by atoms with van der Waals surface area (Å²) in [6, 6.07) is 14.6. The maximum atomic E-state index is 12.2. The van der Waals surface area contributed by atoms with Crippen molar-refractivity contribution >= 4 is 40.7 Å². The minimum atomic E-state index is -0.289. The van der Waals surface area contributed by atoms with Gasteiger partial charge in [0.15, 0.2) is 0 Å². The molecule has 1 fully saturated rings. The molecule has 0 aliphatic heterocycles. The summed E-state index contributed by atoms with van der Waals surface area (Å²) in [5.41, 5.74) is 1.64. The Bertz CT molecular complexity index is 794. The van der Waals surface area contributed by atoms with E-state index < -0.39 is 0 Å². The van der Waals surface area contributed by atoms with Crippen LogP contribution in [0.25, 0.3) is 0 Å². The summed E-state index contributed by atoms with van der Waals surface area (Å²) >= 11 is 12.0. The first-order valence-electron chi connectivity index (χ1n) is 8.12. The van der Waals surface area contributed by atoms with Gasteiger partial charge in [-0.25, -0.2) is 0 Å². The van der Waals surface area contributed by atoms with Crippen LogP contribution in [0.5, 0.6) is 0 Å². The summed E-state index contributed by atoms with van der Waals surface area (Å²) in [5.74, 6) is -0.797. The van der Waals surface area contributed by atoms with E-state index in [1.165, 1.54) is 0 Å². The van der Waals surface area contributed by atoms with Gasteiger partial charge in [-0.05, 0) is 42.7 Å². The molecule has 0 heterocycles. The maximum absolute atomic E-state index is 12.2. The molecule has 0 radical (unpaired) electrons. The Morgan fingerprint density at radius 1 is 1.00 bits per heavy atom. The number of benzene rings is 2. The third-order valence-electron chi connectivity index (χ3n) is 4.20. The lowest BCUT2D eigenvalue weighted by molar-refractivity contribution is -0.125. The zero-order valence-corrected chi connectivity index (χ0v) is 15.0. The first-order valence-corrected chi connectivity index (χ1v) is 8.88. The maximum Gasteiger partial charge on any atom is 0.228 e. The SMILES string of the molecule is O=C(NCCc1cccc(Cl)c1)C1CC1C(=O)Nc1ccccc1Cl. The van der Waals surface area contributed by atoms with Gasteiger partial charge in [-0.3, -0.25) is 9.59 Å². The second kappa shape index (κ2) is 7.89. The number of halogens is 2. The second-order valence-corrected chi connectivity index (χ2v) is 6.93. The van der Waals surface area contributed by atoms with Crippen LogP contribution < -0.4 is 10.6 Å². The van der Waals surface area contributed by atoms with Crippen molar-refractivity contribution in [1.82, 2.24) is 5.32 Å². The van der Waals surface area contributed by atoms with Gasteiger partial charge in [0, 0.05) is 11.6 Å². The molecule has 2 atom stereocenters. The highest BCUT2D eigenvalue weighted by atomic mass is 35.5. The molecule has 130 valence electrons. The minimum Gasteiger partial charge on any atom is -0.356 e. The van der Waals surface area contributed by atoms with E-state index in [0.717, 1.165) is 5.56 Å². The Labute approximate surface area is 156 Å². The van der Waals surface area contributed by atoms with Gasteiger partial charge >= 0.3 is 0 Å². The summed E-state index contributed by atoms with van der Waals surface area (Å²) in [6.07, 6.45) is 1.27. The molecular weight excluding hydrogens is 359 g/mol. The molecule has 0 bridgehead atoms. The Hall–Kier alpha value is -2.04. The summed E-state index contributed by atoms with van der Waals surface area (Å²) < 4.78 is 0. The van der Waals surface area contributed by atoms with Crippen LogP contribution in [0, 0.1) is 11.8 Å². The van der Waals surface area contributed by atoms with E-state index in [4.69, 9.17) is 23.2 Å². The first-order chi connectivity index (χ1) is 12.0. The molecular formula is C19H18Cl2N2O2. The fourth-order valence-corrected chi connectivity index (χ4v) is 3.11. The largest absolute Gasteiger partial charge is 0.356 e. The van der Waals surface area contributed by atoms with Gasteiger partial charge in [-0.2, -0.15) is 0 Å². The molecule has 2 N–H and O–H groups in total. The van der Waals surface area contributed by atoms with Crippen LogP contribution in [0.2, 0.25) is 10.0 Å². The van der Waals surface area contributed by atoms with Crippen molar-refractivity contribution in [2.75, 3.05) is 11.9 Å². The average Bonchev–Trinajstić information content (AvgIpc) is 3.38. The van der Waals surface area contributed by atoms with Crippen molar-refractivity contribution in [3.63, 3.8) is 0 Å². The first kappa shape index (κ1) is 17.8. The van der Waals surface area contributed by atoms with Crippen molar-refractivity contribution < 1.29 is 9.59 Å². The standard InChI is InChI=1S/C19H18Cl2N2O2/c20-13-5-3-4-12(10-13)8-9-22-18(24)14-11-15(14)19(25)23-17-7-2-1-6-16(17)21/h1-7,10,14-15H,8-9,11H2,(H,22,24)(H,23,25). The third kappa shape index (κ3) is 4.74. The van der Waals surface area contributed by atoms with E-state index in [9.17, 15) is 9.59 Å². The van der Waals surface area contributed by atoms with Crippen LogP contribution in [0.4, 0.5) is 5.69 Å². The quantitative estimate of drug-likeness (QED) is 0.802. The van der Waals surface area contributed by atoms with Crippen molar-refractivity contribution in [3.05, 3.63) is 64.1 Å². The predicted octanol–water partition coefficient (Wildman–Crippen LogP) is 3.93. The number of amides is 2. The highest BCUT2D eigenvalue weighted by molar-refractivity contribution is 6.33. The van der Waals surface area contributed by atoms with Crippen LogP contribution in [-0.2, 0) is 16.0 Å². The lowest BCUT2D eigenvalue weighted by Gasteiger charge is -2.07. The molecule has 2 aromatic carbocycles. The lowest BCUT2D eigenvalue weighted by atomic mass is 10.1. The fraction of sp³-hybridized carbons (Fsp3) is 0.263. The van der Waals surface area contributed by atoms with Crippen LogP contribution in [-0.4, -0.2) is 18.4 Å². The van der Waals surface area contributed by atoms with E-state index >= 15 is 0 Å². The Morgan fingerprint density at radius 3 is 2.52 bits per heavy atom. The highest BCUT2D eigenvalue weighted by Crippen LogP contribution is 2.39. The highest BCUT2D eigenvalue weighted by Gasteiger charge is 2.47. The number of carbonyl (C=O) groups excluding carboxylic acids is 2. The zero-order valence-electron chi connectivity index (χ0n) is 13.5. The summed E-state index contributed by atoms with van der Waals surface area (Å²) in [5, 5.41) is 6.83. The lowest BCUT2D eigenvalue weighted by Crippen LogP contribution is -2.29. The topological polar surface area (TPSA) is 58.2 Å². The summed E-state index contributed by atoms with van der Waals surface area (Å²) in [7, 11) is 0. The van der Waals surface area contributed by atoms with Gasteiger partial charge in [0.2, 0.25) is 11.8 Å². The van der Waals surface area contributed by atoms with Crippen molar-refractivity contribution in [1.29, 1.82) is 0 Å². The van der Waals surface area contributed by atoms with Crippen LogP contribution in [0.15, 0.2) is 48.5 Å². The van der Waals surface area contributed by atoms with E-state index in [-0.39, 0.29) is 23.7 Å². The molecule has 2 aromatic rings. The van der Waals surface area contributed by atoms with Crippen LogP contribution >= 0.6 is 23.2 Å². The van der Waals surface area contributed by atoms with Gasteiger partial charge in [-0.1, -0.05) is 47.5 Å². The summed E-state index contributed by atoms with van der Waals surface area (Å²) in [4.78, 5) is 24.4. The third-order valence-corrected chi connectivity index (χ3v) is 4.76. The number of anilines is 1. The summed E-state index contributed by atoms with van der Waals surface area (Å²) in [6.45, 7) is 0.522. The smallest absolute Gasteiger partial charge is 0.228 e. The number of nitrogens with one attached hydrogen (secondary N) is 2. The van der Waals surface area contributed by atoms with Gasteiger partial charge < -0.3 is 10.6 Å². The molecule has 1 aliphatic carbocycles. The molecule has 1 saturated carbocycles. The molecule has 2 amide bonds. The van der Waals surface area contributed by atoms with Crippen molar-refractivity contribution in [3.8, 4) is 0 Å². The van der Waals surface area contributed by atoms with E-state index in [1.54, 1.807) is 24.3 Å². The molecule has 1 aliphatic rings. The van der Waals surface area contributed by atoms with Gasteiger partial charge in [0.25, 0.3) is 0 Å². The average molecular weight is 377 g/mol. The van der Waals surface area contributed by atoms with E-state index in [2.05, 4.69) is 10.6 Å². The molecule has 0 spiro atoms. The minimum absolute atomic E-state index is 0.0821. The molecule has 0 saturated heterocycles. The fourth-order valence-electron chi connectivity index (χ4n) is 2.72. The molecule has 3 rings (SSSR count). The molecule has 2 unspecified atom stereocenters.